The summed E-state index contributed by atoms with van der Waals surface area (Å²) in [5.74, 6) is -0.942. The molecule has 0 saturated heterocycles. The maximum Gasteiger partial charge on any atom is 0.365 e. The molecule has 1 fully saturated rings. The van der Waals surface area contributed by atoms with Crippen molar-refractivity contribution in [3.05, 3.63) is 16.1 Å². The molecular formula is C11H16N2O2S. The lowest BCUT2D eigenvalue weighted by Crippen LogP contribution is -2.37. The molecular weight excluding hydrogens is 224 g/mol. The van der Waals surface area contributed by atoms with Crippen molar-refractivity contribution in [1.82, 2.24) is 10.3 Å². The van der Waals surface area contributed by atoms with Crippen molar-refractivity contribution in [2.45, 2.75) is 32.7 Å². The number of hydrogen-bond donors (Lipinski definition) is 2. The van der Waals surface area contributed by atoms with Crippen LogP contribution in [0, 0.1) is 5.41 Å². The van der Waals surface area contributed by atoms with E-state index in [1.165, 1.54) is 30.6 Å². The standard InChI is InChI=1S/C11H16N2O2S/c1-11(3-2-4-11)7-12-5-8-6-16-9(13-8)10(14)15/h6,12H,2-5,7H2,1H3,(H,14,15). The highest BCUT2D eigenvalue weighted by atomic mass is 32.1. The van der Waals surface area contributed by atoms with Gasteiger partial charge in [-0.15, -0.1) is 11.3 Å². The lowest BCUT2D eigenvalue weighted by atomic mass is 9.70. The SMILES string of the molecule is CC1(CNCc2csc(C(=O)O)n2)CCC1. The number of thiazole rings is 1. The normalized spacial score (nSPS) is 18.1. The van der Waals surface area contributed by atoms with Crippen molar-refractivity contribution in [3.8, 4) is 0 Å². The zero-order valence-electron chi connectivity index (χ0n) is 9.32. The fourth-order valence-electron chi connectivity index (χ4n) is 1.94. The van der Waals surface area contributed by atoms with E-state index in [4.69, 9.17) is 5.11 Å². The third-order valence-electron chi connectivity index (χ3n) is 3.15. The molecule has 1 heterocycles. The van der Waals surface area contributed by atoms with Crippen LogP contribution in [0.4, 0.5) is 0 Å². The minimum atomic E-state index is -0.942. The number of rotatable bonds is 5. The first-order valence-corrected chi connectivity index (χ1v) is 6.35. The van der Waals surface area contributed by atoms with Crippen molar-refractivity contribution in [2.75, 3.05) is 6.54 Å². The molecule has 88 valence electrons. The van der Waals surface area contributed by atoms with E-state index in [0.29, 0.717) is 12.0 Å². The number of carbonyl (C=O) groups is 1. The van der Waals surface area contributed by atoms with Gasteiger partial charge in [0.15, 0.2) is 0 Å². The number of carboxylic acid groups (broad SMARTS) is 1. The molecule has 5 heteroatoms. The quantitative estimate of drug-likeness (QED) is 0.827. The number of nitrogens with zero attached hydrogens (tertiary/aromatic N) is 1. The summed E-state index contributed by atoms with van der Waals surface area (Å²) in [5, 5.41) is 14.1. The highest BCUT2D eigenvalue weighted by Gasteiger charge is 2.30. The fourth-order valence-corrected chi connectivity index (χ4v) is 2.59. The Morgan fingerprint density at radius 2 is 2.44 bits per heavy atom. The predicted molar refractivity (Wildman–Crippen MR) is 62.7 cm³/mol. The molecule has 0 bridgehead atoms. The van der Waals surface area contributed by atoms with Gasteiger partial charge < -0.3 is 10.4 Å². The Kier molecular flexibility index (Phi) is 3.25. The van der Waals surface area contributed by atoms with Crippen molar-refractivity contribution < 1.29 is 9.90 Å². The third kappa shape index (κ3) is 2.59. The molecule has 1 aliphatic carbocycles. The van der Waals surface area contributed by atoms with E-state index in [-0.39, 0.29) is 5.01 Å². The molecule has 4 nitrogen and oxygen atoms in total. The summed E-state index contributed by atoms with van der Waals surface area (Å²) < 4.78 is 0. The number of nitrogens with one attached hydrogen (secondary N) is 1. The molecule has 0 amide bonds. The van der Waals surface area contributed by atoms with Crippen LogP contribution in [0.25, 0.3) is 0 Å². The van der Waals surface area contributed by atoms with Crippen LogP contribution in [0.3, 0.4) is 0 Å². The van der Waals surface area contributed by atoms with Gasteiger partial charge in [-0.05, 0) is 18.3 Å². The van der Waals surface area contributed by atoms with Crippen LogP contribution < -0.4 is 5.32 Å². The molecule has 0 atom stereocenters. The second-order valence-electron chi connectivity index (χ2n) is 4.72. The van der Waals surface area contributed by atoms with Crippen LogP contribution in [0.15, 0.2) is 5.38 Å². The molecule has 1 aliphatic rings. The Labute approximate surface area is 98.7 Å². The average Bonchev–Trinajstić information content (AvgIpc) is 2.64. The van der Waals surface area contributed by atoms with E-state index in [1.807, 2.05) is 0 Å². The molecule has 1 aromatic rings. The van der Waals surface area contributed by atoms with Crippen LogP contribution in [0.5, 0.6) is 0 Å². The third-order valence-corrected chi connectivity index (χ3v) is 4.03. The number of hydrogen-bond acceptors (Lipinski definition) is 4. The van der Waals surface area contributed by atoms with Crippen LogP contribution >= 0.6 is 11.3 Å². The molecule has 0 unspecified atom stereocenters. The van der Waals surface area contributed by atoms with Crippen LogP contribution in [0.2, 0.25) is 0 Å². The maximum absolute atomic E-state index is 10.6. The van der Waals surface area contributed by atoms with E-state index in [9.17, 15) is 4.79 Å². The van der Waals surface area contributed by atoms with Gasteiger partial charge in [0, 0.05) is 18.5 Å². The van der Waals surface area contributed by atoms with Crippen molar-refractivity contribution in [2.24, 2.45) is 5.41 Å². The molecule has 0 radical (unpaired) electrons. The van der Waals surface area contributed by atoms with Gasteiger partial charge >= 0.3 is 5.97 Å². The van der Waals surface area contributed by atoms with Gasteiger partial charge in [0.25, 0.3) is 0 Å². The molecule has 2 N–H and O–H groups in total. The Bertz CT molecular complexity index is 385. The number of aromatic nitrogens is 1. The first-order valence-electron chi connectivity index (χ1n) is 5.47. The van der Waals surface area contributed by atoms with Crippen LogP contribution in [0.1, 0.15) is 41.7 Å². The van der Waals surface area contributed by atoms with Gasteiger partial charge in [0.05, 0.1) is 5.69 Å². The molecule has 1 saturated carbocycles. The molecule has 0 aliphatic heterocycles. The highest BCUT2D eigenvalue weighted by molar-refractivity contribution is 7.11. The lowest BCUT2D eigenvalue weighted by Gasteiger charge is -2.38. The summed E-state index contributed by atoms with van der Waals surface area (Å²) in [7, 11) is 0. The molecule has 1 aromatic heterocycles. The van der Waals surface area contributed by atoms with Crippen molar-refractivity contribution in [3.63, 3.8) is 0 Å². The van der Waals surface area contributed by atoms with Gasteiger partial charge in [0.2, 0.25) is 5.01 Å². The summed E-state index contributed by atoms with van der Waals surface area (Å²) in [5.41, 5.74) is 1.27. The Hall–Kier alpha value is -0.940. The summed E-state index contributed by atoms with van der Waals surface area (Å²) in [6.07, 6.45) is 3.91. The topological polar surface area (TPSA) is 62.2 Å². The average molecular weight is 240 g/mol. The Morgan fingerprint density at radius 1 is 1.69 bits per heavy atom. The van der Waals surface area contributed by atoms with Gasteiger partial charge in [-0.2, -0.15) is 0 Å². The van der Waals surface area contributed by atoms with Crippen LogP contribution in [-0.4, -0.2) is 22.6 Å². The number of aromatic carboxylic acids is 1. The Balaban J connectivity index is 1.78. The summed E-state index contributed by atoms with van der Waals surface area (Å²) in [6, 6.07) is 0. The van der Waals surface area contributed by atoms with E-state index in [1.54, 1.807) is 5.38 Å². The second-order valence-corrected chi connectivity index (χ2v) is 5.58. The number of carboxylic acids is 1. The molecule has 2 rings (SSSR count). The molecule has 0 spiro atoms. The zero-order chi connectivity index (χ0) is 11.6. The molecule has 16 heavy (non-hydrogen) atoms. The molecule has 0 aromatic carbocycles. The zero-order valence-corrected chi connectivity index (χ0v) is 10.1. The monoisotopic (exact) mass is 240 g/mol. The maximum atomic E-state index is 10.6. The summed E-state index contributed by atoms with van der Waals surface area (Å²) in [4.78, 5) is 14.7. The van der Waals surface area contributed by atoms with E-state index in [0.717, 1.165) is 12.2 Å². The van der Waals surface area contributed by atoms with E-state index >= 15 is 0 Å². The highest BCUT2D eigenvalue weighted by Crippen LogP contribution is 2.39. The van der Waals surface area contributed by atoms with Gasteiger partial charge in [-0.25, -0.2) is 9.78 Å². The van der Waals surface area contributed by atoms with Gasteiger partial charge in [-0.3, -0.25) is 0 Å². The Morgan fingerprint density at radius 3 is 2.94 bits per heavy atom. The van der Waals surface area contributed by atoms with Crippen molar-refractivity contribution >= 4 is 17.3 Å². The minimum absolute atomic E-state index is 0.173. The lowest BCUT2D eigenvalue weighted by molar-refractivity contribution is 0.0696. The minimum Gasteiger partial charge on any atom is -0.476 e. The predicted octanol–water partition coefficient (Wildman–Crippen LogP) is 2.12. The van der Waals surface area contributed by atoms with E-state index in [2.05, 4.69) is 17.2 Å². The smallest absolute Gasteiger partial charge is 0.365 e. The van der Waals surface area contributed by atoms with Crippen molar-refractivity contribution in [1.29, 1.82) is 0 Å². The first kappa shape index (κ1) is 11.5. The fraction of sp³-hybridized carbons (Fsp3) is 0.636. The first-order chi connectivity index (χ1) is 7.59. The largest absolute Gasteiger partial charge is 0.476 e. The summed E-state index contributed by atoms with van der Waals surface area (Å²) in [6.45, 7) is 3.94. The second kappa shape index (κ2) is 4.51. The van der Waals surface area contributed by atoms with Crippen LogP contribution in [-0.2, 0) is 6.54 Å². The van der Waals surface area contributed by atoms with Gasteiger partial charge in [0.1, 0.15) is 0 Å². The van der Waals surface area contributed by atoms with E-state index < -0.39 is 5.97 Å². The van der Waals surface area contributed by atoms with Gasteiger partial charge in [-0.1, -0.05) is 13.3 Å². The summed E-state index contributed by atoms with van der Waals surface area (Å²) >= 11 is 1.18.